The van der Waals surface area contributed by atoms with Gasteiger partial charge in [-0.25, -0.2) is 0 Å². The minimum Gasteiger partial charge on any atom is -0.377 e. The molecule has 0 radical (unpaired) electrons. The van der Waals surface area contributed by atoms with Crippen LogP contribution in [0.1, 0.15) is 84.5 Å². The predicted molar refractivity (Wildman–Crippen MR) is 86.5 cm³/mol. The zero-order valence-corrected chi connectivity index (χ0v) is 13.9. The molecule has 1 rings (SSSR count). The Hall–Kier alpha value is -0.120. The van der Waals surface area contributed by atoms with Gasteiger partial charge in [-0.05, 0) is 38.0 Å². The van der Waals surface area contributed by atoms with E-state index in [9.17, 15) is 0 Å². The Morgan fingerprint density at radius 1 is 1.15 bits per heavy atom. The summed E-state index contributed by atoms with van der Waals surface area (Å²) in [6.45, 7) is 4.61. The minimum absolute atomic E-state index is 0.0231. The fraction of sp³-hybridized carbons (Fsp3) is 1.00. The van der Waals surface area contributed by atoms with Gasteiger partial charge in [0.25, 0.3) is 0 Å². The molecule has 0 spiro atoms. The zero-order chi connectivity index (χ0) is 14.8. The van der Waals surface area contributed by atoms with E-state index in [0.29, 0.717) is 6.04 Å². The lowest BCUT2D eigenvalue weighted by Crippen LogP contribution is -2.56. The van der Waals surface area contributed by atoms with Gasteiger partial charge in [0.2, 0.25) is 0 Å². The van der Waals surface area contributed by atoms with E-state index in [1.54, 1.807) is 0 Å². The smallest absolute Gasteiger partial charge is 0.0844 e. The number of hydrogen-bond donors (Lipinski definition) is 2. The average molecular weight is 284 g/mol. The SMILES string of the molecule is CCCCCCCCC(NN)C1(OC)CCC(C)CC1. The molecule has 0 aromatic rings. The quantitative estimate of drug-likeness (QED) is 0.360. The molecule has 1 aliphatic rings. The summed E-state index contributed by atoms with van der Waals surface area (Å²) in [4.78, 5) is 0. The number of nitrogens with one attached hydrogen (secondary N) is 1. The van der Waals surface area contributed by atoms with Crippen molar-refractivity contribution in [1.82, 2.24) is 5.43 Å². The molecular weight excluding hydrogens is 248 g/mol. The van der Waals surface area contributed by atoms with Crippen LogP contribution in [0.25, 0.3) is 0 Å². The van der Waals surface area contributed by atoms with Gasteiger partial charge < -0.3 is 4.74 Å². The van der Waals surface area contributed by atoms with E-state index in [1.165, 1.54) is 51.4 Å². The van der Waals surface area contributed by atoms with Crippen LogP contribution in [0.4, 0.5) is 0 Å². The maximum atomic E-state index is 5.93. The molecule has 3 heteroatoms. The fourth-order valence-electron chi connectivity index (χ4n) is 3.57. The highest BCUT2D eigenvalue weighted by Crippen LogP contribution is 2.38. The topological polar surface area (TPSA) is 47.3 Å². The van der Waals surface area contributed by atoms with Gasteiger partial charge in [-0.1, -0.05) is 52.4 Å². The van der Waals surface area contributed by atoms with Crippen LogP contribution in [-0.2, 0) is 4.74 Å². The van der Waals surface area contributed by atoms with Gasteiger partial charge in [0.1, 0.15) is 0 Å². The molecule has 0 aromatic heterocycles. The van der Waals surface area contributed by atoms with Gasteiger partial charge in [0.05, 0.1) is 11.6 Å². The van der Waals surface area contributed by atoms with Gasteiger partial charge in [-0.15, -0.1) is 0 Å². The number of unbranched alkanes of at least 4 members (excludes halogenated alkanes) is 5. The molecule has 0 saturated heterocycles. The van der Waals surface area contributed by atoms with E-state index in [1.807, 2.05) is 7.11 Å². The van der Waals surface area contributed by atoms with E-state index in [2.05, 4.69) is 19.3 Å². The van der Waals surface area contributed by atoms with Gasteiger partial charge >= 0.3 is 0 Å². The second-order valence-corrected chi connectivity index (χ2v) is 6.73. The molecule has 1 fully saturated rings. The van der Waals surface area contributed by atoms with Crippen LogP contribution in [0.3, 0.4) is 0 Å². The van der Waals surface area contributed by atoms with Gasteiger partial charge in [0, 0.05) is 7.11 Å². The van der Waals surface area contributed by atoms with Crippen molar-refractivity contribution in [3.05, 3.63) is 0 Å². The third kappa shape index (κ3) is 5.34. The first-order chi connectivity index (χ1) is 9.68. The Kier molecular flexibility index (Phi) is 8.74. The Morgan fingerprint density at radius 2 is 1.75 bits per heavy atom. The molecule has 0 aromatic carbocycles. The van der Waals surface area contributed by atoms with Crippen molar-refractivity contribution in [3.8, 4) is 0 Å². The summed E-state index contributed by atoms with van der Waals surface area (Å²) in [5.41, 5.74) is 3.03. The second kappa shape index (κ2) is 9.75. The van der Waals surface area contributed by atoms with Crippen molar-refractivity contribution >= 4 is 0 Å². The van der Waals surface area contributed by atoms with Gasteiger partial charge in [-0.3, -0.25) is 11.3 Å². The number of nitrogens with two attached hydrogens (primary N) is 1. The lowest BCUT2D eigenvalue weighted by molar-refractivity contribution is -0.0770. The molecule has 3 N–H and O–H groups in total. The molecule has 0 amide bonds. The molecule has 3 nitrogen and oxygen atoms in total. The van der Waals surface area contributed by atoms with Crippen molar-refractivity contribution in [2.75, 3.05) is 7.11 Å². The van der Waals surface area contributed by atoms with Crippen LogP contribution >= 0.6 is 0 Å². The number of methoxy groups -OCH3 is 1. The van der Waals surface area contributed by atoms with Gasteiger partial charge in [0.15, 0.2) is 0 Å². The summed E-state index contributed by atoms with van der Waals surface area (Å²) in [6, 6.07) is 0.311. The van der Waals surface area contributed by atoms with Crippen LogP contribution < -0.4 is 11.3 Å². The van der Waals surface area contributed by atoms with Gasteiger partial charge in [-0.2, -0.15) is 0 Å². The van der Waals surface area contributed by atoms with Crippen molar-refractivity contribution in [2.24, 2.45) is 11.8 Å². The van der Waals surface area contributed by atoms with E-state index in [-0.39, 0.29) is 5.60 Å². The molecular formula is C17H36N2O. The minimum atomic E-state index is -0.0231. The van der Waals surface area contributed by atoms with E-state index in [0.717, 1.165) is 25.2 Å². The number of ether oxygens (including phenoxy) is 1. The predicted octanol–water partition coefficient (Wildman–Crippen LogP) is 4.16. The Balaban J connectivity index is 2.35. The monoisotopic (exact) mass is 284 g/mol. The first kappa shape index (κ1) is 17.9. The summed E-state index contributed by atoms with van der Waals surface area (Å²) in [7, 11) is 1.86. The lowest BCUT2D eigenvalue weighted by atomic mass is 9.74. The van der Waals surface area contributed by atoms with Crippen LogP contribution in [0, 0.1) is 5.92 Å². The Labute approximate surface area is 126 Å². The maximum absolute atomic E-state index is 5.93. The van der Waals surface area contributed by atoms with Crippen molar-refractivity contribution in [1.29, 1.82) is 0 Å². The standard InChI is InChI=1S/C17H36N2O/c1-4-5-6-7-8-9-10-16(19-18)17(20-3)13-11-15(2)12-14-17/h15-16,19H,4-14,18H2,1-3H3. The molecule has 0 aliphatic heterocycles. The highest BCUT2D eigenvalue weighted by molar-refractivity contribution is 4.95. The molecule has 0 bridgehead atoms. The third-order valence-corrected chi connectivity index (χ3v) is 5.21. The molecule has 1 saturated carbocycles. The second-order valence-electron chi connectivity index (χ2n) is 6.73. The zero-order valence-electron chi connectivity index (χ0n) is 13.9. The first-order valence-corrected chi connectivity index (χ1v) is 8.69. The van der Waals surface area contributed by atoms with Crippen molar-refractivity contribution in [3.63, 3.8) is 0 Å². The third-order valence-electron chi connectivity index (χ3n) is 5.21. The first-order valence-electron chi connectivity index (χ1n) is 8.69. The van der Waals surface area contributed by atoms with E-state index in [4.69, 9.17) is 10.6 Å². The largest absolute Gasteiger partial charge is 0.377 e. The summed E-state index contributed by atoms with van der Waals surface area (Å²) in [5, 5.41) is 0. The summed E-state index contributed by atoms with van der Waals surface area (Å²) in [5.74, 6) is 6.67. The maximum Gasteiger partial charge on any atom is 0.0844 e. The van der Waals surface area contributed by atoms with Crippen molar-refractivity contribution < 1.29 is 4.74 Å². The highest BCUT2D eigenvalue weighted by Gasteiger charge is 2.40. The lowest BCUT2D eigenvalue weighted by Gasteiger charge is -2.44. The van der Waals surface area contributed by atoms with Crippen LogP contribution in [0.2, 0.25) is 0 Å². The molecule has 120 valence electrons. The Bertz CT molecular complexity index is 237. The number of hydrogen-bond acceptors (Lipinski definition) is 3. The molecule has 1 unspecified atom stereocenters. The number of hydrazine groups is 1. The summed E-state index contributed by atoms with van der Waals surface area (Å²) >= 11 is 0. The number of rotatable bonds is 10. The van der Waals surface area contributed by atoms with Crippen LogP contribution in [0.15, 0.2) is 0 Å². The summed E-state index contributed by atoms with van der Waals surface area (Å²) < 4.78 is 5.93. The molecule has 0 heterocycles. The molecule has 1 atom stereocenters. The van der Waals surface area contributed by atoms with E-state index >= 15 is 0 Å². The normalized spacial score (nSPS) is 28.5. The average Bonchev–Trinajstić information content (AvgIpc) is 2.48. The van der Waals surface area contributed by atoms with E-state index < -0.39 is 0 Å². The molecule has 1 aliphatic carbocycles. The molecule has 20 heavy (non-hydrogen) atoms. The van der Waals surface area contributed by atoms with Crippen LogP contribution in [-0.4, -0.2) is 18.8 Å². The Morgan fingerprint density at radius 3 is 2.30 bits per heavy atom. The van der Waals surface area contributed by atoms with Crippen molar-refractivity contribution in [2.45, 2.75) is 96.1 Å². The fourth-order valence-corrected chi connectivity index (χ4v) is 3.57. The highest BCUT2D eigenvalue weighted by atomic mass is 16.5. The summed E-state index contributed by atoms with van der Waals surface area (Å²) in [6.07, 6.45) is 14.0. The van der Waals surface area contributed by atoms with Crippen LogP contribution in [0.5, 0.6) is 0 Å².